The summed E-state index contributed by atoms with van der Waals surface area (Å²) in [6.45, 7) is 0. The standard InChI is InChI=1S/CH4.B.Ca.Mn.2H/h1H4;;;;;/q;;+2;;2*-1. The summed E-state index contributed by atoms with van der Waals surface area (Å²) in [4.78, 5) is 0. The van der Waals surface area contributed by atoms with E-state index in [0.29, 0.717) is 0 Å². The van der Waals surface area contributed by atoms with Gasteiger partial charge in [-0.1, -0.05) is 7.43 Å². The molecule has 0 aromatic carbocycles. The Labute approximate surface area is 72.7 Å². The van der Waals surface area contributed by atoms with Crippen molar-refractivity contribution in [1.82, 2.24) is 0 Å². The number of hydrogen-bond acceptors (Lipinski definition) is 0. The minimum Gasteiger partial charge on any atom is -1.00 e. The van der Waals surface area contributed by atoms with Gasteiger partial charge in [0.05, 0.1) is 0 Å². The molecule has 0 fully saturated rings. The molecular weight excluding hydrogens is 118 g/mol. The Morgan fingerprint density at radius 1 is 1.25 bits per heavy atom. The maximum Gasteiger partial charge on any atom is 2.00 e. The third-order valence-corrected chi connectivity index (χ3v) is 0. The van der Waals surface area contributed by atoms with Gasteiger partial charge in [-0.25, -0.2) is 0 Å². The van der Waals surface area contributed by atoms with Gasteiger partial charge < -0.3 is 2.85 Å². The summed E-state index contributed by atoms with van der Waals surface area (Å²) in [5.41, 5.74) is 0. The third-order valence-electron chi connectivity index (χ3n) is 0. The maximum absolute atomic E-state index is 0. The van der Waals surface area contributed by atoms with E-state index in [2.05, 4.69) is 0 Å². The molecule has 0 amide bonds. The van der Waals surface area contributed by atoms with Gasteiger partial charge in [-0.3, -0.25) is 0 Å². The van der Waals surface area contributed by atoms with Crippen LogP contribution in [0.15, 0.2) is 0 Å². The topological polar surface area (TPSA) is 0 Å². The van der Waals surface area contributed by atoms with Crippen molar-refractivity contribution in [3.63, 3.8) is 0 Å². The van der Waals surface area contributed by atoms with Gasteiger partial charge >= 0.3 is 37.7 Å². The second-order valence-corrected chi connectivity index (χ2v) is 0. The quantitative estimate of drug-likeness (QED) is 0.401. The summed E-state index contributed by atoms with van der Waals surface area (Å²) in [6, 6.07) is 0. The average Bonchev–Trinajstić information content (AvgIpc) is 0. The molecule has 0 aliphatic rings. The molecule has 0 aliphatic heterocycles. The van der Waals surface area contributed by atoms with E-state index < -0.39 is 0 Å². The van der Waals surface area contributed by atoms with Crippen molar-refractivity contribution >= 4 is 46.2 Å². The van der Waals surface area contributed by atoms with E-state index in [9.17, 15) is 0 Å². The summed E-state index contributed by atoms with van der Waals surface area (Å²) in [7, 11) is 0. The molecule has 0 spiro atoms. The van der Waals surface area contributed by atoms with Gasteiger partial charge in [0, 0.05) is 25.5 Å². The Morgan fingerprint density at radius 3 is 1.25 bits per heavy atom. The molecule has 0 unspecified atom stereocenters. The second kappa shape index (κ2) is 21.0. The van der Waals surface area contributed by atoms with Crippen molar-refractivity contribution in [2.45, 2.75) is 7.43 Å². The van der Waals surface area contributed by atoms with Crippen LogP contribution in [-0.4, -0.2) is 46.2 Å². The normalized spacial score (nSPS) is 0. The molecule has 0 bridgehead atoms. The van der Waals surface area contributed by atoms with E-state index in [4.69, 9.17) is 0 Å². The number of rotatable bonds is 0. The molecule has 0 saturated carbocycles. The first-order chi connectivity index (χ1) is 0. The average molecular weight is 124 g/mol. The fourth-order valence-corrected chi connectivity index (χ4v) is 0. The van der Waals surface area contributed by atoms with Crippen LogP contribution >= 0.6 is 0 Å². The van der Waals surface area contributed by atoms with Crippen LogP contribution in [0.25, 0.3) is 0 Å². The van der Waals surface area contributed by atoms with Crippen LogP contribution in [0.4, 0.5) is 0 Å². The molecular formula is CH6BCaMn. The second-order valence-electron chi connectivity index (χ2n) is 0. The molecule has 0 nitrogen and oxygen atoms in total. The molecule has 0 aliphatic carbocycles. The zero-order chi connectivity index (χ0) is 0. The van der Waals surface area contributed by atoms with Crippen molar-refractivity contribution in [2.24, 2.45) is 0 Å². The van der Waals surface area contributed by atoms with Gasteiger partial charge in [-0.2, -0.15) is 0 Å². The molecule has 0 saturated heterocycles. The predicted octanol–water partition coefficient (Wildman–Crippen LogP) is 0.0970. The van der Waals surface area contributed by atoms with E-state index in [1.165, 1.54) is 0 Å². The van der Waals surface area contributed by atoms with Crippen molar-refractivity contribution in [3.05, 3.63) is 0 Å². The van der Waals surface area contributed by atoms with Gasteiger partial charge in [-0.15, -0.1) is 0 Å². The van der Waals surface area contributed by atoms with Gasteiger partial charge in [0.25, 0.3) is 0 Å². The van der Waals surface area contributed by atoms with E-state index >= 15 is 0 Å². The van der Waals surface area contributed by atoms with Gasteiger partial charge in [0.1, 0.15) is 0 Å². The molecule has 0 aromatic rings. The van der Waals surface area contributed by atoms with E-state index in [-0.39, 0.29) is 73.5 Å². The van der Waals surface area contributed by atoms with Crippen LogP contribution in [0.2, 0.25) is 0 Å². The Hall–Kier alpha value is 1.84. The summed E-state index contributed by atoms with van der Waals surface area (Å²) in [5, 5.41) is 0. The van der Waals surface area contributed by atoms with Crippen molar-refractivity contribution in [3.8, 4) is 0 Å². The Bertz CT molecular complexity index is 13.5. The zero-order valence-electron chi connectivity index (χ0n) is 3.66. The van der Waals surface area contributed by atoms with Crippen molar-refractivity contribution in [2.75, 3.05) is 0 Å². The van der Waals surface area contributed by atoms with Gasteiger partial charge in [0.2, 0.25) is 0 Å². The summed E-state index contributed by atoms with van der Waals surface area (Å²) in [5.74, 6) is 0. The summed E-state index contributed by atoms with van der Waals surface area (Å²) < 4.78 is 0. The third kappa shape index (κ3) is 9.14. The number of hydrogen-bond donors (Lipinski definition) is 0. The van der Waals surface area contributed by atoms with Crippen LogP contribution in [0.1, 0.15) is 10.3 Å². The van der Waals surface area contributed by atoms with Crippen molar-refractivity contribution < 1.29 is 19.9 Å². The van der Waals surface area contributed by atoms with E-state index in [0.717, 1.165) is 0 Å². The van der Waals surface area contributed by atoms with Crippen LogP contribution in [0.3, 0.4) is 0 Å². The molecule has 3 heteroatoms. The van der Waals surface area contributed by atoms with Crippen molar-refractivity contribution in [1.29, 1.82) is 0 Å². The zero-order valence-corrected chi connectivity index (χ0v) is 5.05. The SMILES string of the molecule is C.[B].[Ca+2].[H-].[H-].[Mn]. The Balaban J connectivity index is 0. The van der Waals surface area contributed by atoms with E-state index in [1.54, 1.807) is 0 Å². The first-order valence-electron chi connectivity index (χ1n) is 0. The maximum atomic E-state index is 0. The van der Waals surface area contributed by atoms with Crippen LogP contribution in [-0.2, 0) is 17.1 Å². The first kappa shape index (κ1) is 40.3. The fourth-order valence-electron chi connectivity index (χ4n) is 0. The Kier molecular flexibility index (Phi) is 212. The largest absolute Gasteiger partial charge is 2.00 e. The molecule has 0 atom stereocenters. The smallest absolute Gasteiger partial charge is 1.00 e. The molecule has 4 radical (unpaired) electrons. The molecule has 0 aromatic heterocycles. The fraction of sp³-hybridized carbons (Fsp3) is 1.00. The van der Waals surface area contributed by atoms with Crippen LogP contribution < -0.4 is 0 Å². The molecule has 0 rings (SSSR count). The molecule has 4 heavy (non-hydrogen) atoms. The summed E-state index contributed by atoms with van der Waals surface area (Å²) in [6.07, 6.45) is 0. The van der Waals surface area contributed by atoms with Gasteiger partial charge in [-0.05, 0) is 0 Å². The molecule has 0 heterocycles. The first-order valence-corrected chi connectivity index (χ1v) is 0. The minimum absolute atomic E-state index is 0. The molecule has 22 valence electrons. The Morgan fingerprint density at radius 2 is 1.25 bits per heavy atom. The van der Waals surface area contributed by atoms with E-state index in [1.807, 2.05) is 0 Å². The monoisotopic (exact) mass is 124 g/mol. The van der Waals surface area contributed by atoms with Crippen LogP contribution in [0, 0.1) is 0 Å². The minimum atomic E-state index is 0. The van der Waals surface area contributed by atoms with Crippen LogP contribution in [0.5, 0.6) is 0 Å². The predicted molar refractivity (Wildman–Crippen MR) is 20.5 cm³/mol. The van der Waals surface area contributed by atoms with Gasteiger partial charge in [0.15, 0.2) is 0 Å². The molecule has 0 N–H and O–H groups in total. The summed E-state index contributed by atoms with van der Waals surface area (Å²) >= 11 is 0.